The Kier molecular flexibility index (Phi) is 3.05. The van der Waals surface area contributed by atoms with Gasteiger partial charge in [0.15, 0.2) is 0 Å². The van der Waals surface area contributed by atoms with Gasteiger partial charge in [0.2, 0.25) is 5.88 Å². The second-order valence-corrected chi connectivity index (χ2v) is 4.27. The van der Waals surface area contributed by atoms with Gasteiger partial charge in [0.1, 0.15) is 5.75 Å². The molecule has 20 heavy (non-hydrogen) atoms. The van der Waals surface area contributed by atoms with Crippen molar-refractivity contribution < 1.29 is 14.6 Å². The van der Waals surface area contributed by atoms with Crippen LogP contribution in [-0.4, -0.2) is 16.1 Å². The zero-order valence-electron chi connectivity index (χ0n) is 10.5. The highest BCUT2D eigenvalue weighted by Crippen LogP contribution is 2.28. The third-order valence-electron chi connectivity index (χ3n) is 2.95. The second kappa shape index (κ2) is 5.01. The van der Waals surface area contributed by atoms with Crippen LogP contribution in [0.15, 0.2) is 60.8 Å². The lowest BCUT2D eigenvalue weighted by molar-refractivity contribution is 0.0696. The third kappa shape index (κ3) is 2.31. The number of rotatable bonds is 3. The summed E-state index contributed by atoms with van der Waals surface area (Å²) in [6.07, 6.45) is 1.28. The molecule has 0 fully saturated rings. The number of carboxylic acids is 1. The molecule has 0 aliphatic rings. The molecule has 0 aliphatic heterocycles. The van der Waals surface area contributed by atoms with E-state index in [1.165, 1.54) is 12.3 Å². The second-order valence-electron chi connectivity index (χ2n) is 4.27. The molecule has 0 amide bonds. The van der Waals surface area contributed by atoms with Crippen LogP contribution in [0.5, 0.6) is 11.6 Å². The molecule has 3 aromatic rings. The van der Waals surface area contributed by atoms with Crippen LogP contribution in [-0.2, 0) is 0 Å². The van der Waals surface area contributed by atoms with Gasteiger partial charge in [0.25, 0.3) is 0 Å². The summed E-state index contributed by atoms with van der Waals surface area (Å²) in [7, 11) is 0. The molecule has 0 radical (unpaired) electrons. The normalized spacial score (nSPS) is 10.4. The van der Waals surface area contributed by atoms with Crippen LogP contribution in [0.1, 0.15) is 10.4 Å². The van der Waals surface area contributed by atoms with E-state index in [0.717, 1.165) is 10.8 Å². The summed E-state index contributed by atoms with van der Waals surface area (Å²) >= 11 is 0. The van der Waals surface area contributed by atoms with Crippen molar-refractivity contribution in [2.75, 3.05) is 0 Å². The first-order chi connectivity index (χ1) is 9.74. The lowest BCUT2D eigenvalue weighted by Gasteiger charge is -2.08. The van der Waals surface area contributed by atoms with Gasteiger partial charge in [0, 0.05) is 17.6 Å². The number of hydrogen-bond donors (Lipinski definition) is 1. The molecule has 0 unspecified atom stereocenters. The first-order valence-electron chi connectivity index (χ1n) is 6.09. The van der Waals surface area contributed by atoms with E-state index in [9.17, 15) is 4.79 Å². The number of aromatic carboxylic acids is 1. The van der Waals surface area contributed by atoms with Crippen LogP contribution in [0.2, 0.25) is 0 Å². The van der Waals surface area contributed by atoms with E-state index < -0.39 is 5.97 Å². The summed E-state index contributed by atoms with van der Waals surface area (Å²) in [6.45, 7) is 0. The average Bonchev–Trinajstić information content (AvgIpc) is 2.48. The fourth-order valence-electron chi connectivity index (χ4n) is 1.96. The van der Waals surface area contributed by atoms with E-state index >= 15 is 0 Å². The topological polar surface area (TPSA) is 59.4 Å². The Morgan fingerprint density at radius 2 is 1.80 bits per heavy atom. The minimum absolute atomic E-state index is 0.135. The van der Waals surface area contributed by atoms with Gasteiger partial charge >= 0.3 is 5.97 Å². The average molecular weight is 265 g/mol. The summed E-state index contributed by atoms with van der Waals surface area (Å²) < 4.78 is 5.72. The molecule has 2 aromatic carbocycles. The van der Waals surface area contributed by atoms with Gasteiger partial charge in [-0.05, 0) is 17.5 Å². The number of carbonyl (C=O) groups is 1. The highest BCUT2D eigenvalue weighted by atomic mass is 16.5. The molecule has 0 saturated carbocycles. The molecular formula is C16H11NO3. The fourth-order valence-corrected chi connectivity index (χ4v) is 1.96. The Balaban J connectivity index is 1.95. The first-order valence-corrected chi connectivity index (χ1v) is 6.09. The molecule has 4 heteroatoms. The molecule has 0 bridgehead atoms. The Labute approximate surface area is 115 Å². The minimum Gasteiger partial charge on any atom is -0.478 e. The number of ether oxygens (including phenoxy) is 1. The number of nitrogens with zero attached hydrogens (tertiary/aromatic N) is 1. The van der Waals surface area contributed by atoms with Gasteiger partial charge in [0.05, 0.1) is 5.56 Å². The molecule has 0 saturated heterocycles. The van der Waals surface area contributed by atoms with E-state index in [2.05, 4.69) is 4.98 Å². The van der Waals surface area contributed by atoms with Gasteiger partial charge in [-0.2, -0.15) is 0 Å². The van der Waals surface area contributed by atoms with Crippen LogP contribution < -0.4 is 4.74 Å². The summed E-state index contributed by atoms with van der Waals surface area (Å²) in [5, 5.41) is 10.9. The van der Waals surface area contributed by atoms with Gasteiger partial charge in [-0.25, -0.2) is 9.78 Å². The number of aromatic nitrogens is 1. The fraction of sp³-hybridized carbons (Fsp3) is 0. The zero-order valence-corrected chi connectivity index (χ0v) is 10.5. The molecule has 0 atom stereocenters. The SMILES string of the molecule is O=C(O)c1ccc(Oc2cccc3ccccc23)nc1. The molecule has 1 aromatic heterocycles. The number of carboxylic acid groups (broad SMARTS) is 1. The number of fused-ring (bicyclic) bond motifs is 1. The zero-order chi connectivity index (χ0) is 13.9. The summed E-state index contributed by atoms with van der Waals surface area (Å²) in [5.74, 6) is 0.0549. The first kappa shape index (κ1) is 12.2. The molecular weight excluding hydrogens is 254 g/mol. The van der Waals surface area contributed by atoms with Gasteiger partial charge in [-0.1, -0.05) is 36.4 Å². The largest absolute Gasteiger partial charge is 0.478 e. The van der Waals surface area contributed by atoms with Crippen molar-refractivity contribution >= 4 is 16.7 Å². The lowest BCUT2D eigenvalue weighted by atomic mass is 10.1. The standard InChI is InChI=1S/C16H11NO3/c18-16(19)12-8-9-15(17-10-12)20-14-7-3-5-11-4-1-2-6-13(11)14/h1-10H,(H,18,19). The maximum Gasteiger partial charge on any atom is 0.337 e. The van der Waals surface area contributed by atoms with Crippen molar-refractivity contribution in [2.24, 2.45) is 0 Å². The molecule has 3 rings (SSSR count). The maximum atomic E-state index is 10.8. The molecule has 0 aliphatic carbocycles. The van der Waals surface area contributed by atoms with Crippen molar-refractivity contribution in [3.8, 4) is 11.6 Å². The molecule has 1 N–H and O–H groups in total. The van der Waals surface area contributed by atoms with E-state index in [0.29, 0.717) is 11.6 Å². The van der Waals surface area contributed by atoms with E-state index in [4.69, 9.17) is 9.84 Å². The Morgan fingerprint density at radius 3 is 2.55 bits per heavy atom. The quantitative estimate of drug-likeness (QED) is 0.784. The number of benzene rings is 2. The third-order valence-corrected chi connectivity index (χ3v) is 2.95. The van der Waals surface area contributed by atoms with E-state index in [1.807, 2.05) is 42.5 Å². The summed E-state index contributed by atoms with van der Waals surface area (Å²) in [5.41, 5.74) is 0.135. The van der Waals surface area contributed by atoms with Gasteiger partial charge < -0.3 is 9.84 Å². The molecule has 4 nitrogen and oxygen atoms in total. The van der Waals surface area contributed by atoms with Crippen LogP contribution >= 0.6 is 0 Å². The van der Waals surface area contributed by atoms with Crippen LogP contribution in [0, 0.1) is 0 Å². The highest BCUT2D eigenvalue weighted by Gasteiger charge is 2.06. The molecule has 98 valence electrons. The highest BCUT2D eigenvalue weighted by molar-refractivity contribution is 5.88. The molecule has 0 spiro atoms. The Morgan fingerprint density at radius 1 is 1.00 bits per heavy atom. The van der Waals surface area contributed by atoms with Crippen molar-refractivity contribution in [2.45, 2.75) is 0 Å². The van der Waals surface area contributed by atoms with Gasteiger partial charge in [-0.15, -0.1) is 0 Å². The van der Waals surface area contributed by atoms with Crippen molar-refractivity contribution in [3.05, 3.63) is 66.4 Å². The predicted molar refractivity (Wildman–Crippen MR) is 75.2 cm³/mol. The van der Waals surface area contributed by atoms with Crippen LogP contribution in [0.4, 0.5) is 0 Å². The smallest absolute Gasteiger partial charge is 0.337 e. The summed E-state index contributed by atoms with van der Waals surface area (Å²) in [6, 6.07) is 16.7. The molecule has 1 heterocycles. The van der Waals surface area contributed by atoms with Crippen molar-refractivity contribution in [1.82, 2.24) is 4.98 Å². The maximum absolute atomic E-state index is 10.8. The minimum atomic E-state index is -1.01. The van der Waals surface area contributed by atoms with E-state index in [-0.39, 0.29) is 5.56 Å². The Hall–Kier alpha value is -2.88. The van der Waals surface area contributed by atoms with Crippen molar-refractivity contribution in [1.29, 1.82) is 0 Å². The van der Waals surface area contributed by atoms with Crippen LogP contribution in [0.3, 0.4) is 0 Å². The van der Waals surface area contributed by atoms with Gasteiger partial charge in [-0.3, -0.25) is 0 Å². The Bertz CT molecular complexity index is 761. The number of hydrogen-bond acceptors (Lipinski definition) is 3. The van der Waals surface area contributed by atoms with Crippen molar-refractivity contribution in [3.63, 3.8) is 0 Å². The lowest BCUT2D eigenvalue weighted by Crippen LogP contribution is -1.97. The summed E-state index contributed by atoms with van der Waals surface area (Å²) in [4.78, 5) is 14.8. The number of pyridine rings is 1. The predicted octanol–water partition coefficient (Wildman–Crippen LogP) is 3.73. The monoisotopic (exact) mass is 265 g/mol. The van der Waals surface area contributed by atoms with Crippen LogP contribution in [0.25, 0.3) is 10.8 Å². The van der Waals surface area contributed by atoms with E-state index in [1.54, 1.807) is 6.07 Å².